The van der Waals surface area contributed by atoms with Crippen molar-refractivity contribution in [2.45, 2.75) is 53.1 Å². The van der Waals surface area contributed by atoms with Gasteiger partial charge < -0.3 is 10.1 Å². The smallest absolute Gasteiger partial charge is 0.336 e. The molecule has 26 heavy (non-hydrogen) atoms. The molecule has 0 aromatic carbocycles. The number of rotatable bonds is 3. The molecule has 0 fully saturated rings. The zero-order chi connectivity index (χ0) is 19.1. The number of ether oxygens (including phenoxy) is 1. The van der Waals surface area contributed by atoms with Crippen LogP contribution in [0.25, 0.3) is 0 Å². The summed E-state index contributed by atoms with van der Waals surface area (Å²) in [6, 6.07) is 5.72. The Balaban J connectivity index is 2.16. The van der Waals surface area contributed by atoms with Crippen molar-refractivity contribution < 1.29 is 19.3 Å². The van der Waals surface area contributed by atoms with Gasteiger partial charge in [0.1, 0.15) is 5.78 Å². The number of aromatic nitrogens is 1. The molecule has 5 heteroatoms. The largest absolute Gasteiger partial charge is 0.460 e. The first-order valence-electron chi connectivity index (χ1n) is 9.10. The standard InChI is InChI=1S/C21H26N2O3/c1-12(2)26-20(25)17-13(3)23-15-10-21(4,5)11-16(24)18(15)19(17)14-8-6-7-9-22-14/h6-10,12,18-19,23H,11H2,1-5H3/p+1. The zero-order valence-electron chi connectivity index (χ0n) is 16.1. The number of hydrogen-bond donors (Lipinski definition) is 1. The van der Waals surface area contributed by atoms with Crippen molar-refractivity contribution >= 4 is 11.8 Å². The lowest BCUT2D eigenvalue weighted by atomic mass is 9.67. The van der Waals surface area contributed by atoms with Crippen molar-refractivity contribution in [1.82, 2.24) is 5.32 Å². The van der Waals surface area contributed by atoms with Crippen LogP contribution in [-0.4, -0.2) is 17.9 Å². The number of esters is 1. The highest BCUT2D eigenvalue weighted by Crippen LogP contribution is 2.46. The van der Waals surface area contributed by atoms with Gasteiger partial charge in [0.25, 0.3) is 0 Å². The number of pyridine rings is 1. The van der Waals surface area contributed by atoms with Crippen molar-refractivity contribution in [1.29, 1.82) is 0 Å². The number of hydrogen-bond acceptors (Lipinski definition) is 4. The first-order valence-corrected chi connectivity index (χ1v) is 9.10. The maximum atomic E-state index is 13.1. The van der Waals surface area contributed by atoms with Gasteiger partial charge in [-0.25, -0.2) is 9.78 Å². The molecule has 0 bridgehead atoms. The lowest BCUT2D eigenvalue weighted by Gasteiger charge is -2.39. The molecule has 0 spiro atoms. The third-order valence-corrected chi connectivity index (χ3v) is 4.87. The predicted molar refractivity (Wildman–Crippen MR) is 97.8 cm³/mol. The molecule has 2 heterocycles. The summed E-state index contributed by atoms with van der Waals surface area (Å²) in [6.07, 6.45) is 4.18. The number of carbonyl (C=O) groups excluding carboxylic acids is 2. The molecule has 2 unspecified atom stereocenters. The van der Waals surface area contributed by atoms with Crippen LogP contribution < -0.4 is 10.3 Å². The van der Waals surface area contributed by atoms with Crippen LogP contribution in [0.2, 0.25) is 0 Å². The van der Waals surface area contributed by atoms with Crippen LogP contribution in [-0.2, 0) is 14.3 Å². The van der Waals surface area contributed by atoms with Gasteiger partial charge in [-0.2, -0.15) is 0 Å². The van der Waals surface area contributed by atoms with Crippen LogP contribution in [0.3, 0.4) is 0 Å². The van der Waals surface area contributed by atoms with E-state index in [-0.39, 0.29) is 29.2 Å². The summed E-state index contributed by atoms with van der Waals surface area (Å²) < 4.78 is 5.49. The van der Waals surface area contributed by atoms with Crippen molar-refractivity contribution in [3.63, 3.8) is 0 Å². The lowest BCUT2D eigenvalue weighted by Crippen LogP contribution is -2.45. The second-order valence-corrected chi connectivity index (χ2v) is 8.12. The number of allylic oxidation sites excluding steroid dienone is 3. The molecule has 1 aromatic heterocycles. The van der Waals surface area contributed by atoms with E-state index < -0.39 is 5.92 Å². The lowest BCUT2D eigenvalue weighted by molar-refractivity contribution is -0.392. The van der Waals surface area contributed by atoms with Gasteiger partial charge in [-0.05, 0) is 26.2 Å². The van der Waals surface area contributed by atoms with E-state index in [0.29, 0.717) is 12.0 Å². The normalized spacial score (nSPS) is 24.7. The van der Waals surface area contributed by atoms with Crippen LogP contribution in [0.4, 0.5) is 0 Å². The molecule has 1 aliphatic carbocycles. The fourth-order valence-corrected chi connectivity index (χ4v) is 3.95. The van der Waals surface area contributed by atoms with Crippen molar-refractivity contribution in [3.8, 4) is 0 Å². The molecule has 1 aromatic rings. The molecule has 3 rings (SSSR count). The Kier molecular flexibility index (Phi) is 4.74. The third-order valence-electron chi connectivity index (χ3n) is 4.87. The maximum absolute atomic E-state index is 13.1. The van der Waals surface area contributed by atoms with Crippen LogP contribution in [0.1, 0.15) is 52.7 Å². The highest BCUT2D eigenvalue weighted by Gasteiger charge is 2.48. The fraction of sp³-hybridized carbons (Fsp3) is 0.476. The highest BCUT2D eigenvalue weighted by atomic mass is 16.5. The number of H-pyrrole nitrogens is 1. The van der Waals surface area contributed by atoms with Gasteiger partial charge >= 0.3 is 5.97 Å². The Morgan fingerprint density at radius 3 is 2.65 bits per heavy atom. The number of aromatic amines is 1. The minimum absolute atomic E-state index is 0.143. The summed E-state index contributed by atoms with van der Waals surface area (Å²) in [4.78, 5) is 29.1. The molecule has 0 radical (unpaired) electrons. The Hall–Kier alpha value is -2.43. The SMILES string of the molecule is CC1=C(C(=O)OC(C)C)C(c2cccc[nH+]2)C2C(=O)CC(C)(C)C=C2N1. The van der Waals surface area contributed by atoms with Gasteiger partial charge in [-0.15, -0.1) is 0 Å². The van der Waals surface area contributed by atoms with E-state index in [9.17, 15) is 9.59 Å². The first-order chi connectivity index (χ1) is 12.2. The summed E-state index contributed by atoms with van der Waals surface area (Å²) in [5.41, 5.74) is 2.79. The van der Waals surface area contributed by atoms with Crippen LogP contribution in [0.5, 0.6) is 0 Å². The monoisotopic (exact) mass is 355 g/mol. The predicted octanol–water partition coefficient (Wildman–Crippen LogP) is 2.91. The fourth-order valence-electron chi connectivity index (χ4n) is 3.95. The summed E-state index contributed by atoms with van der Waals surface area (Å²) >= 11 is 0. The minimum atomic E-state index is -0.403. The summed E-state index contributed by atoms with van der Waals surface area (Å²) in [7, 11) is 0. The topological polar surface area (TPSA) is 69.5 Å². The van der Waals surface area contributed by atoms with Gasteiger partial charge in [0.2, 0.25) is 0 Å². The average molecular weight is 355 g/mol. The second-order valence-electron chi connectivity index (χ2n) is 8.12. The minimum Gasteiger partial charge on any atom is -0.460 e. The Labute approximate surface area is 154 Å². The Bertz CT molecular complexity index is 791. The molecule has 1 aliphatic heterocycles. The van der Waals surface area contributed by atoms with E-state index in [0.717, 1.165) is 17.1 Å². The van der Waals surface area contributed by atoms with E-state index in [1.165, 1.54) is 0 Å². The van der Waals surface area contributed by atoms with Gasteiger partial charge in [-0.3, -0.25) is 4.79 Å². The van der Waals surface area contributed by atoms with Gasteiger partial charge in [-0.1, -0.05) is 26.0 Å². The van der Waals surface area contributed by atoms with Crippen LogP contribution >= 0.6 is 0 Å². The molecular formula is C21H27N2O3+. The molecular weight excluding hydrogens is 328 g/mol. The summed E-state index contributed by atoms with van der Waals surface area (Å²) in [5.74, 6) is -1.01. The van der Waals surface area contributed by atoms with E-state index in [2.05, 4.69) is 30.2 Å². The van der Waals surface area contributed by atoms with E-state index in [4.69, 9.17) is 4.74 Å². The third kappa shape index (κ3) is 3.43. The van der Waals surface area contributed by atoms with Crippen molar-refractivity contribution in [2.75, 3.05) is 0 Å². The number of ketones is 1. The number of fused-ring (bicyclic) bond motifs is 1. The molecule has 2 atom stereocenters. The Morgan fingerprint density at radius 2 is 2.04 bits per heavy atom. The second kappa shape index (κ2) is 6.71. The zero-order valence-corrected chi connectivity index (χ0v) is 16.1. The van der Waals surface area contributed by atoms with E-state index in [1.54, 1.807) is 0 Å². The molecule has 2 N–H and O–H groups in total. The molecule has 0 amide bonds. The van der Waals surface area contributed by atoms with Gasteiger partial charge in [0.05, 0.1) is 23.5 Å². The summed E-state index contributed by atoms with van der Waals surface area (Å²) in [6.45, 7) is 9.64. The van der Waals surface area contributed by atoms with Crippen LogP contribution in [0.15, 0.2) is 47.4 Å². The maximum Gasteiger partial charge on any atom is 0.336 e. The Morgan fingerprint density at radius 1 is 1.31 bits per heavy atom. The molecule has 2 aliphatic rings. The summed E-state index contributed by atoms with van der Waals surface area (Å²) in [5, 5.41) is 3.31. The molecule has 0 saturated carbocycles. The number of carbonyl (C=O) groups is 2. The number of nitrogens with one attached hydrogen (secondary N) is 2. The van der Waals surface area contributed by atoms with Gasteiger partial charge in [0, 0.05) is 29.9 Å². The van der Waals surface area contributed by atoms with Crippen LogP contribution in [0, 0.1) is 11.3 Å². The molecule has 5 nitrogen and oxygen atoms in total. The number of Topliss-reactive ketones (excluding diaryl/α,β-unsaturated/α-hetero) is 1. The van der Waals surface area contributed by atoms with E-state index in [1.807, 2.05) is 45.2 Å². The molecule has 0 saturated heterocycles. The highest BCUT2D eigenvalue weighted by molar-refractivity contribution is 5.96. The average Bonchev–Trinajstić information content (AvgIpc) is 2.52. The quantitative estimate of drug-likeness (QED) is 0.847. The molecule has 138 valence electrons. The van der Waals surface area contributed by atoms with Crippen molar-refractivity contribution in [2.24, 2.45) is 11.3 Å². The van der Waals surface area contributed by atoms with Gasteiger partial charge in [0.15, 0.2) is 11.9 Å². The first kappa shape index (κ1) is 18.4. The van der Waals surface area contributed by atoms with E-state index >= 15 is 0 Å². The van der Waals surface area contributed by atoms with Crippen molar-refractivity contribution in [3.05, 3.63) is 53.1 Å².